The zero-order valence-corrected chi connectivity index (χ0v) is 9.98. The molecule has 1 aliphatic heterocycles. The Balaban J connectivity index is 2.36. The van der Waals surface area contributed by atoms with Gasteiger partial charge in [0.15, 0.2) is 0 Å². The Kier molecular flexibility index (Phi) is 4.67. The van der Waals surface area contributed by atoms with Gasteiger partial charge in [-0.2, -0.15) is 0 Å². The van der Waals surface area contributed by atoms with Crippen molar-refractivity contribution in [2.75, 3.05) is 24.7 Å². The first kappa shape index (κ1) is 12.3. The predicted octanol–water partition coefficient (Wildman–Crippen LogP) is 1.46. The SMILES string of the molecule is CCS(=O)(=O)CCC1COCCC1Cl. The van der Waals surface area contributed by atoms with Crippen molar-refractivity contribution in [3.8, 4) is 0 Å². The van der Waals surface area contributed by atoms with E-state index in [9.17, 15) is 8.42 Å². The van der Waals surface area contributed by atoms with E-state index in [0.717, 1.165) is 6.42 Å². The lowest BCUT2D eigenvalue weighted by atomic mass is 9.99. The maximum absolute atomic E-state index is 11.3. The first-order valence-electron chi connectivity index (χ1n) is 4.97. The molecule has 0 aromatic rings. The van der Waals surface area contributed by atoms with E-state index < -0.39 is 9.84 Å². The lowest BCUT2D eigenvalue weighted by Gasteiger charge is -2.26. The van der Waals surface area contributed by atoms with Crippen LogP contribution in [-0.4, -0.2) is 38.5 Å². The van der Waals surface area contributed by atoms with Gasteiger partial charge in [-0.15, -0.1) is 11.6 Å². The molecule has 0 aromatic carbocycles. The van der Waals surface area contributed by atoms with Gasteiger partial charge < -0.3 is 4.74 Å². The minimum atomic E-state index is -2.86. The number of hydrogen-bond acceptors (Lipinski definition) is 3. The molecule has 14 heavy (non-hydrogen) atoms. The molecule has 0 bridgehead atoms. The van der Waals surface area contributed by atoms with E-state index in [2.05, 4.69) is 0 Å². The van der Waals surface area contributed by atoms with Crippen molar-refractivity contribution in [2.45, 2.75) is 25.1 Å². The molecule has 1 rings (SSSR count). The van der Waals surface area contributed by atoms with Crippen LogP contribution in [0.2, 0.25) is 0 Å². The third kappa shape index (κ3) is 3.75. The van der Waals surface area contributed by atoms with Crippen molar-refractivity contribution < 1.29 is 13.2 Å². The van der Waals surface area contributed by atoms with Gasteiger partial charge in [0.2, 0.25) is 0 Å². The van der Waals surface area contributed by atoms with Gasteiger partial charge in [-0.05, 0) is 18.8 Å². The maximum atomic E-state index is 11.3. The van der Waals surface area contributed by atoms with Gasteiger partial charge in [0.1, 0.15) is 9.84 Å². The normalized spacial score (nSPS) is 29.0. The van der Waals surface area contributed by atoms with Crippen LogP contribution in [0.4, 0.5) is 0 Å². The highest BCUT2D eigenvalue weighted by Crippen LogP contribution is 2.23. The van der Waals surface area contributed by atoms with Crippen molar-refractivity contribution in [3.05, 3.63) is 0 Å². The van der Waals surface area contributed by atoms with Crippen LogP contribution in [0.25, 0.3) is 0 Å². The number of halogens is 1. The third-order valence-electron chi connectivity index (χ3n) is 2.62. The van der Waals surface area contributed by atoms with E-state index >= 15 is 0 Å². The van der Waals surface area contributed by atoms with Gasteiger partial charge in [-0.1, -0.05) is 6.92 Å². The van der Waals surface area contributed by atoms with Crippen LogP contribution in [0.3, 0.4) is 0 Å². The highest BCUT2D eigenvalue weighted by Gasteiger charge is 2.25. The van der Waals surface area contributed by atoms with Crippen LogP contribution in [0.15, 0.2) is 0 Å². The third-order valence-corrected chi connectivity index (χ3v) is 4.93. The first-order chi connectivity index (χ1) is 6.55. The summed E-state index contributed by atoms with van der Waals surface area (Å²) in [4.78, 5) is 0. The number of sulfone groups is 1. The summed E-state index contributed by atoms with van der Waals surface area (Å²) in [5.41, 5.74) is 0. The Morgan fingerprint density at radius 1 is 1.50 bits per heavy atom. The van der Waals surface area contributed by atoms with E-state index in [1.54, 1.807) is 6.92 Å². The van der Waals surface area contributed by atoms with E-state index in [0.29, 0.717) is 19.6 Å². The minimum Gasteiger partial charge on any atom is -0.381 e. The molecule has 0 aromatic heterocycles. The molecule has 5 heteroatoms. The second kappa shape index (κ2) is 5.33. The fraction of sp³-hybridized carbons (Fsp3) is 1.00. The molecule has 0 saturated carbocycles. The topological polar surface area (TPSA) is 43.4 Å². The Morgan fingerprint density at radius 3 is 2.79 bits per heavy atom. The highest BCUT2D eigenvalue weighted by molar-refractivity contribution is 7.91. The van der Waals surface area contributed by atoms with Gasteiger partial charge in [-0.3, -0.25) is 0 Å². The van der Waals surface area contributed by atoms with Crippen molar-refractivity contribution in [1.82, 2.24) is 0 Å². The summed E-state index contributed by atoms with van der Waals surface area (Å²) in [6.07, 6.45) is 1.46. The fourth-order valence-electron chi connectivity index (χ4n) is 1.51. The molecular formula is C9H17ClO3S. The summed E-state index contributed by atoms with van der Waals surface area (Å²) in [6, 6.07) is 0. The lowest BCUT2D eigenvalue weighted by Crippen LogP contribution is -2.30. The molecule has 2 unspecified atom stereocenters. The van der Waals surface area contributed by atoms with E-state index in [1.807, 2.05) is 0 Å². The molecular weight excluding hydrogens is 224 g/mol. The lowest BCUT2D eigenvalue weighted by molar-refractivity contribution is 0.0566. The van der Waals surface area contributed by atoms with Crippen LogP contribution in [0.5, 0.6) is 0 Å². The summed E-state index contributed by atoms with van der Waals surface area (Å²) < 4.78 is 27.8. The quantitative estimate of drug-likeness (QED) is 0.699. The monoisotopic (exact) mass is 240 g/mol. The van der Waals surface area contributed by atoms with Crippen molar-refractivity contribution >= 4 is 21.4 Å². The first-order valence-corrected chi connectivity index (χ1v) is 7.23. The largest absolute Gasteiger partial charge is 0.381 e. The van der Waals surface area contributed by atoms with Crippen LogP contribution in [0.1, 0.15) is 19.8 Å². The summed E-state index contributed by atoms with van der Waals surface area (Å²) >= 11 is 6.08. The highest BCUT2D eigenvalue weighted by atomic mass is 35.5. The smallest absolute Gasteiger partial charge is 0.150 e. The zero-order valence-electron chi connectivity index (χ0n) is 8.41. The van der Waals surface area contributed by atoms with Crippen LogP contribution in [0, 0.1) is 5.92 Å². The second-order valence-corrected chi connectivity index (χ2v) is 6.70. The molecule has 0 spiro atoms. The molecule has 0 aliphatic carbocycles. The standard InChI is InChI=1S/C9H17ClO3S/c1-2-14(11,12)6-4-8-7-13-5-3-9(8)10/h8-9H,2-7H2,1H3. The Labute approximate surface area is 90.7 Å². The molecule has 84 valence electrons. The van der Waals surface area contributed by atoms with Crippen molar-refractivity contribution in [1.29, 1.82) is 0 Å². The van der Waals surface area contributed by atoms with E-state index in [-0.39, 0.29) is 22.8 Å². The summed E-state index contributed by atoms with van der Waals surface area (Å²) in [6.45, 7) is 2.98. The summed E-state index contributed by atoms with van der Waals surface area (Å²) in [5.74, 6) is 0.653. The fourth-order valence-corrected chi connectivity index (χ4v) is 2.75. The Hall–Kier alpha value is 0.200. The van der Waals surface area contributed by atoms with Gasteiger partial charge in [0, 0.05) is 17.7 Å². The Morgan fingerprint density at radius 2 is 2.21 bits per heavy atom. The predicted molar refractivity (Wildman–Crippen MR) is 57.5 cm³/mol. The Bertz CT molecular complexity index is 263. The number of ether oxygens (including phenoxy) is 1. The molecule has 0 radical (unpaired) electrons. The van der Waals surface area contributed by atoms with Gasteiger partial charge in [0.05, 0.1) is 12.4 Å². The van der Waals surface area contributed by atoms with E-state index in [1.165, 1.54) is 0 Å². The molecule has 1 fully saturated rings. The number of hydrogen-bond donors (Lipinski definition) is 0. The minimum absolute atomic E-state index is 0.0795. The average Bonchev–Trinajstić information content (AvgIpc) is 2.17. The molecule has 1 heterocycles. The average molecular weight is 241 g/mol. The van der Waals surface area contributed by atoms with Gasteiger partial charge in [-0.25, -0.2) is 8.42 Å². The molecule has 0 N–H and O–H groups in total. The van der Waals surface area contributed by atoms with Crippen LogP contribution >= 0.6 is 11.6 Å². The zero-order chi connectivity index (χ0) is 10.6. The maximum Gasteiger partial charge on any atom is 0.150 e. The molecule has 1 aliphatic rings. The molecule has 3 nitrogen and oxygen atoms in total. The molecule has 2 atom stereocenters. The molecule has 1 saturated heterocycles. The second-order valence-electron chi connectivity index (χ2n) is 3.66. The van der Waals surface area contributed by atoms with Gasteiger partial charge in [0.25, 0.3) is 0 Å². The summed E-state index contributed by atoms with van der Waals surface area (Å²) in [7, 11) is -2.86. The molecule has 0 amide bonds. The van der Waals surface area contributed by atoms with E-state index in [4.69, 9.17) is 16.3 Å². The number of alkyl halides is 1. The van der Waals surface area contributed by atoms with Crippen molar-refractivity contribution in [2.24, 2.45) is 5.92 Å². The van der Waals surface area contributed by atoms with Crippen LogP contribution in [-0.2, 0) is 14.6 Å². The van der Waals surface area contributed by atoms with Crippen LogP contribution < -0.4 is 0 Å². The summed E-state index contributed by atoms with van der Waals surface area (Å²) in [5, 5.41) is 0.0795. The van der Waals surface area contributed by atoms with Gasteiger partial charge >= 0.3 is 0 Å². The number of rotatable bonds is 4. The van der Waals surface area contributed by atoms with Crippen molar-refractivity contribution in [3.63, 3.8) is 0 Å².